The van der Waals surface area contributed by atoms with Crippen molar-refractivity contribution in [3.05, 3.63) is 72.1 Å². The van der Waals surface area contributed by atoms with Crippen LogP contribution in [0.3, 0.4) is 0 Å². The van der Waals surface area contributed by atoms with Gasteiger partial charge < -0.3 is 24.9 Å². The van der Waals surface area contributed by atoms with Crippen LogP contribution in [0.1, 0.15) is 38.1 Å². The molecule has 7 nitrogen and oxygen atoms in total. The normalized spacial score (nSPS) is 12.6. The van der Waals surface area contributed by atoms with Gasteiger partial charge in [0.1, 0.15) is 17.7 Å². The van der Waals surface area contributed by atoms with E-state index in [4.69, 9.17) is 9.15 Å². The molecule has 0 saturated heterocycles. The molecule has 0 fully saturated rings. The average Bonchev–Trinajstić information content (AvgIpc) is 3.25. The summed E-state index contributed by atoms with van der Waals surface area (Å²) in [6.45, 7) is 7.35. The quantitative estimate of drug-likeness (QED) is 0.358. The summed E-state index contributed by atoms with van der Waals surface area (Å²) >= 11 is 0. The van der Waals surface area contributed by atoms with Gasteiger partial charge in [0.15, 0.2) is 5.96 Å². The van der Waals surface area contributed by atoms with Gasteiger partial charge in [-0.1, -0.05) is 30.3 Å². The molecule has 3 aromatic rings. The van der Waals surface area contributed by atoms with Crippen LogP contribution in [-0.4, -0.2) is 35.2 Å². The molecule has 1 atom stereocenters. The van der Waals surface area contributed by atoms with Gasteiger partial charge in [-0.05, 0) is 50.6 Å². The summed E-state index contributed by atoms with van der Waals surface area (Å²) in [5, 5.41) is 16.9. The highest BCUT2D eigenvalue weighted by molar-refractivity contribution is 5.79. The van der Waals surface area contributed by atoms with Crippen LogP contribution in [0, 0.1) is 0 Å². The van der Waals surface area contributed by atoms with Crippen LogP contribution in [0.2, 0.25) is 0 Å². The third-order valence-corrected chi connectivity index (χ3v) is 4.42. The summed E-state index contributed by atoms with van der Waals surface area (Å²) in [4.78, 5) is 9.04. The van der Waals surface area contributed by atoms with E-state index in [0.717, 1.165) is 22.6 Å². The van der Waals surface area contributed by atoms with Crippen molar-refractivity contribution < 1.29 is 14.3 Å². The van der Waals surface area contributed by atoms with E-state index in [2.05, 4.69) is 20.6 Å². The molecule has 7 heteroatoms. The number of ether oxygens (including phenoxy) is 1. The average molecular weight is 423 g/mol. The molecule has 0 bridgehead atoms. The van der Waals surface area contributed by atoms with Gasteiger partial charge in [-0.2, -0.15) is 0 Å². The molecular weight excluding hydrogens is 392 g/mol. The molecule has 0 amide bonds. The molecule has 0 aliphatic carbocycles. The predicted molar refractivity (Wildman–Crippen MR) is 122 cm³/mol. The van der Waals surface area contributed by atoms with Gasteiger partial charge in [-0.25, -0.2) is 9.98 Å². The van der Waals surface area contributed by atoms with Crippen LogP contribution in [0.25, 0.3) is 11.5 Å². The number of rotatable bonds is 9. The maximum atomic E-state index is 10.5. The van der Waals surface area contributed by atoms with Gasteiger partial charge in [0.25, 0.3) is 0 Å². The Hall–Kier alpha value is -3.32. The van der Waals surface area contributed by atoms with Crippen LogP contribution < -0.4 is 15.4 Å². The summed E-state index contributed by atoms with van der Waals surface area (Å²) in [7, 11) is 0. The smallest absolute Gasteiger partial charge is 0.226 e. The standard InChI is InChI=1S/C24H30N4O3/c1-4-25-24(26-14-20-16-30-23(28-20)19-8-6-5-7-9-19)27-15-22(29)18-10-12-21(13-11-18)31-17(2)3/h5-13,16-17,22,29H,4,14-15H2,1-3H3,(H2,25,26,27). The number of aliphatic hydroxyl groups excluding tert-OH is 1. The summed E-state index contributed by atoms with van der Waals surface area (Å²) < 4.78 is 11.2. The molecule has 0 saturated carbocycles. The van der Waals surface area contributed by atoms with Crippen molar-refractivity contribution in [1.29, 1.82) is 0 Å². The zero-order valence-electron chi connectivity index (χ0n) is 18.2. The van der Waals surface area contributed by atoms with Crippen LogP contribution >= 0.6 is 0 Å². The number of guanidine groups is 1. The first kappa shape index (κ1) is 22.4. The van der Waals surface area contributed by atoms with E-state index in [1.165, 1.54) is 0 Å². The molecule has 164 valence electrons. The minimum absolute atomic E-state index is 0.116. The Morgan fingerprint density at radius 2 is 1.84 bits per heavy atom. The largest absolute Gasteiger partial charge is 0.491 e. The lowest BCUT2D eigenvalue weighted by molar-refractivity contribution is 0.180. The van der Waals surface area contributed by atoms with Crippen LogP contribution in [-0.2, 0) is 6.54 Å². The van der Waals surface area contributed by atoms with Crippen molar-refractivity contribution in [2.75, 3.05) is 13.1 Å². The first-order valence-electron chi connectivity index (χ1n) is 10.5. The lowest BCUT2D eigenvalue weighted by Crippen LogP contribution is -2.39. The molecule has 1 unspecified atom stereocenters. The Kier molecular flexibility index (Phi) is 8.06. The van der Waals surface area contributed by atoms with Gasteiger partial charge in [0.2, 0.25) is 5.89 Å². The Morgan fingerprint density at radius 1 is 1.10 bits per heavy atom. The minimum Gasteiger partial charge on any atom is -0.491 e. The van der Waals surface area contributed by atoms with E-state index in [9.17, 15) is 5.11 Å². The zero-order valence-corrected chi connectivity index (χ0v) is 18.2. The number of aliphatic imine (C=N–C) groups is 1. The van der Waals surface area contributed by atoms with E-state index in [1.807, 2.05) is 75.4 Å². The van der Waals surface area contributed by atoms with Gasteiger partial charge in [-0.15, -0.1) is 0 Å². The van der Waals surface area contributed by atoms with Crippen molar-refractivity contribution >= 4 is 5.96 Å². The zero-order chi connectivity index (χ0) is 22.1. The van der Waals surface area contributed by atoms with Crippen LogP contribution in [0.4, 0.5) is 0 Å². The molecule has 31 heavy (non-hydrogen) atoms. The second-order valence-corrected chi connectivity index (χ2v) is 7.34. The third kappa shape index (κ3) is 6.86. The van der Waals surface area contributed by atoms with Gasteiger partial charge in [0, 0.05) is 18.7 Å². The van der Waals surface area contributed by atoms with Crippen molar-refractivity contribution in [2.24, 2.45) is 4.99 Å². The third-order valence-electron chi connectivity index (χ3n) is 4.42. The van der Waals surface area contributed by atoms with Gasteiger partial charge in [0.05, 0.1) is 18.8 Å². The fraction of sp³-hybridized carbons (Fsp3) is 0.333. The monoisotopic (exact) mass is 422 g/mol. The highest BCUT2D eigenvalue weighted by Gasteiger charge is 2.10. The summed E-state index contributed by atoms with van der Waals surface area (Å²) in [6.07, 6.45) is 1.06. The number of nitrogens with one attached hydrogen (secondary N) is 2. The first-order chi connectivity index (χ1) is 15.0. The van der Waals surface area contributed by atoms with E-state index in [1.54, 1.807) is 6.26 Å². The van der Waals surface area contributed by atoms with Crippen molar-refractivity contribution in [3.63, 3.8) is 0 Å². The predicted octanol–water partition coefficient (Wildman–Crippen LogP) is 3.92. The topological polar surface area (TPSA) is 91.9 Å². The second kappa shape index (κ2) is 11.2. The minimum atomic E-state index is -0.673. The summed E-state index contributed by atoms with van der Waals surface area (Å²) in [5.41, 5.74) is 2.47. The molecule has 2 aromatic carbocycles. The van der Waals surface area contributed by atoms with E-state index < -0.39 is 6.10 Å². The molecule has 0 aliphatic rings. The highest BCUT2D eigenvalue weighted by atomic mass is 16.5. The van der Waals surface area contributed by atoms with E-state index >= 15 is 0 Å². The van der Waals surface area contributed by atoms with Crippen molar-refractivity contribution in [3.8, 4) is 17.2 Å². The molecular formula is C24H30N4O3. The Labute approximate surface area is 183 Å². The van der Waals surface area contributed by atoms with Gasteiger partial charge in [-0.3, -0.25) is 0 Å². The van der Waals surface area contributed by atoms with Crippen molar-refractivity contribution in [1.82, 2.24) is 15.6 Å². The fourth-order valence-electron chi connectivity index (χ4n) is 2.95. The molecule has 3 N–H and O–H groups in total. The SMILES string of the molecule is CCNC(=NCc1coc(-c2ccccc2)n1)NCC(O)c1ccc(OC(C)C)cc1. The Balaban J connectivity index is 1.56. The maximum Gasteiger partial charge on any atom is 0.226 e. The number of benzene rings is 2. The Morgan fingerprint density at radius 3 is 2.52 bits per heavy atom. The summed E-state index contributed by atoms with van der Waals surface area (Å²) in [5.74, 6) is 1.96. The van der Waals surface area contributed by atoms with Crippen LogP contribution in [0.15, 0.2) is 70.3 Å². The highest BCUT2D eigenvalue weighted by Crippen LogP contribution is 2.19. The first-order valence-corrected chi connectivity index (χ1v) is 10.5. The number of aliphatic hydroxyl groups is 1. The maximum absolute atomic E-state index is 10.5. The van der Waals surface area contributed by atoms with E-state index in [-0.39, 0.29) is 6.10 Å². The molecule has 0 aliphatic heterocycles. The Bertz CT molecular complexity index is 952. The second-order valence-electron chi connectivity index (χ2n) is 7.34. The van der Waals surface area contributed by atoms with Crippen LogP contribution in [0.5, 0.6) is 5.75 Å². The number of aromatic nitrogens is 1. The summed E-state index contributed by atoms with van der Waals surface area (Å²) in [6, 6.07) is 17.2. The lowest BCUT2D eigenvalue weighted by atomic mass is 10.1. The number of oxazole rings is 1. The molecule has 1 heterocycles. The van der Waals surface area contributed by atoms with Gasteiger partial charge >= 0.3 is 0 Å². The molecule has 0 spiro atoms. The van der Waals surface area contributed by atoms with Crippen molar-refractivity contribution in [2.45, 2.75) is 39.5 Å². The number of hydrogen-bond acceptors (Lipinski definition) is 5. The molecule has 0 radical (unpaired) electrons. The number of hydrogen-bond donors (Lipinski definition) is 3. The lowest BCUT2D eigenvalue weighted by Gasteiger charge is -2.16. The fourth-order valence-corrected chi connectivity index (χ4v) is 2.95. The molecule has 3 rings (SSSR count). The van der Waals surface area contributed by atoms with E-state index in [0.29, 0.717) is 31.5 Å². The number of nitrogens with zero attached hydrogens (tertiary/aromatic N) is 2. The molecule has 1 aromatic heterocycles.